The van der Waals surface area contributed by atoms with Crippen LogP contribution in [0.3, 0.4) is 0 Å². The van der Waals surface area contributed by atoms with Crippen molar-refractivity contribution in [3.8, 4) is 0 Å². The zero-order valence-corrected chi connectivity index (χ0v) is 17.5. The van der Waals surface area contributed by atoms with E-state index in [0.29, 0.717) is 0 Å². The Morgan fingerprint density at radius 3 is 1.65 bits per heavy atom. The van der Waals surface area contributed by atoms with Crippen LogP contribution in [0.1, 0.15) is 90.4 Å². The third-order valence-electron chi connectivity index (χ3n) is 3.97. The average molecular weight is 339 g/mol. The maximum Gasteiger partial charge on any atom is 0.242 e. The van der Waals surface area contributed by atoms with Crippen molar-refractivity contribution in [2.75, 3.05) is 0 Å². The van der Waals surface area contributed by atoms with E-state index in [4.69, 9.17) is 4.43 Å². The van der Waals surface area contributed by atoms with Crippen molar-refractivity contribution in [3.05, 3.63) is 24.5 Å². The van der Waals surface area contributed by atoms with E-state index in [9.17, 15) is 0 Å². The number of hydrogen-bond donors (Lipinski definition) is 0. The maximum absolute atomic E-state index is 5.81. The molecular weight excluding hydrogens is 296 g/mol. The Bertz CT molecular complexity index is 301. The molecule has 0 aliphatic carbocycles. The number of unbranched alkanes of at least 4 members (excludes halogenated alkanes) is 12. The van der Waals surface area contributed by atoms with Gasteiger partial charge in [-0.3, -0.25) is 0 Å². The Labute approximate surface area is 147 Å². The molecule has 23 heavy (non-hydrogen) atoms. The Hall–Kier alpha value is -0.503. The minimum atomic E-state index is -1.48. The van der Waals surface area contributed by atoms with Crippen molar-refractivity contribution in [1.82, 2.24) is 0 Å². The third kappa shape index (κ3) is 19.5. The minimum Gasteiger partial charge on any atom is -0.545 e. The van der Waals surface area contributed by atoms with Crippen molar-refractivity contribution in [1.29, 1.82) is 0 Å². The SMILES string of the molecule is C=C(/C=C\CCCCCCCCCCCCCC)O[Si](C)(C)C. The molecule has 0 fully saturated rings. The predicted octanol–water partition coefficient (Wildman–Crippen LogP) is 8.00. The molecule has 0 aromatic heterocycles. The van der Waals surface area contributed by atoms with Gasteiger partial charge in [-0.1, -0.05) is 90.2 Å². The molecule has 0 atom stereocenters. The molecule has 2 heteroatoms. The van der Waals surface area contributed by atoms with Gasteiger partial charge in [-0.05, 0) is 38.6 Å². The lowest BCUT2D eigenvalue weighted by molar-refractivity contribution is 0.443. The van der Waals surface area contributed by atoms with Gasteiger partial charge in [0.15, 0.2) is 0 Å². The summed E-state index contributed by atoms with van der Waals surface area (Å²) in [5, 5.41) is 0. The largest absolute Gasteiger partial charge is 0.545 e. The first kappa shape index (κ1) is 22.5. The molecule has 0 aliphatic rings. The lowest BCUT2D eigenvalue weighted by Crippen LogP contribution is -2.23. The highest BCUT2D eigenvalue weighted by molar-refractivity contribution is 6.70. The summed E-state index contributed by atoms with van der Waals surface area (Å²) >= 11 is 0. The second kappa shape index (κ2) is 15.0. The van der Waals surface area contributed by atoms with Gasteiger partial charge in [-0.15, -0.1) is 0 Å². The Kier molecular flexibility index (Phi) is 14.7. The summed E-state index contributed by atoms with van der Waals surface area (Å²) in [6.45, 7) is 12.8. The van der Waals surface area contributed by atoms with Crippen LogP contribution in [0, 0.1) is 0 Å². The fourth-order valence-corrected chi connectivity index (χ4v) is 3.60. The number of allylic oxidation sites excluding steroid dienone is 2. The van der Waals surface area contributed by atoms with Crippen LogP contribution in [0.4, 0.5) is 0 Å². The molecule has 0 aromatic carbocycles. The fourth-order valence-electron chi connectivity index (χ4n) is 2.75. The second-order valence-electron chi connectivity index (χ2n) is 7.76. The summed E-state index contributed by atoms with van der Waals surface area (Å²) < 4.78 is 5.81. The summed E-state index contributed by atoms with van der Waals surface area (Å²) in [6.07, 6.45) is 22.4. The van der Waals surface area contributed by atoms with Gasteiger partial charge in [-0.25, -0.2) is 0 Å². The topological polar surface area (TPSA) is 9.23 Å². The summed E-state index contributed by atoms with van der Waals surface area (Å²) in [7, 11) is -1.48. The molecule has 0 unspecified atom stereocenters. The van der Waals surface area contributed by atoms with Crippen LogP contribution in [0.25, 0.3) is 0 Å². The first-order valence-electron chi connectivity index (χ1n) is 10.00. The smallest absolute Gasteiger partial charge is 0.242 e. The minimum absolute atomic E-state index is 0.836. The standard InChI is InChI=1S/C21H42OSi/c1-6-7-8-9-10-11-12-13-14-15-16-17-18-19-20-21(2)22-23(3,4)5/h19-20H,2,6-18H2,1,3-5H3/b20-19-. The monoisotopic (exact) mass is 338 g/mol. The van der Waals surface area contributed by atoms with Crippen LogP contribution in [0.15, 0.2) is 24.5 Å². The molecule has 0 N–H and O–H groups in total. The summed E-state index contributed by atoms with van der Waals surface area (Å²) in [6, 6.07) is 0. The lowest BCUT2D eigenvalue weighted by atomic mass is 10.0. The van der Waals surface area contributed by atoms with E-state index in [2.05, 4.69) is 45.3 Å². The molecule has 0 heterocycles. The van der Waals surface area contributed by atoms with Gasteiger partial charge in [0.25, 0.3) is 0 Å². The molecular formula is C21H42OSi. The van der Waals surface area contributed by atoms with E-state index in [1.54, 1.807) is 0 Å². The van der Waals surface area contributed by atoms with Crippen molar-refractivity contribution in [2.24, 2.45) is 0 Å². The highest BCUT2D eigenvalue weighted by Gasteiger charge is 2.15. The molecule has 0 saturated carbocycles. The van der Waals surface area contributed by atoms with Gasteiger partial charge >= 0.3 is 0 Å². The lowest BCUT2D eigenvalue weighted by Gasteiger charge is -2.18. The van der Waals surface area contributed by atoms with Crippen LogP contribution in [0.5, 0.6) is 0 Å². The van der Waals surface area contributed by atoms with Crippen molar-refractivity contribution < 1.29 is 4.43 Å². The fraction of sp³-hybridized carbons (Fsp3) is 0.810. The van der Waals surface area contributed by atoms with E-state index in [1.807, 2.05) is 0 Å². The molecule has 0 bridgehead atoms. The Morgan fingerprint density at radius 1 is 0.783 bits per heavy atom. The van der Waals surface area contributed by atoms with Crippen LogP contribution >= 0.6 is 0 Å². The Morgan fingerprint density at radius 2 is 1.22 bits per heavy atom. The molecule has 0 spiro atoms. The molecule has 0 saturated heterocycles. The molecule has 0 radical (unpaired) electrons. The molecule has 136 valence electrons. The quantitative estimate of drug-likeness (QED) is 0.120. The van der Waals surface area contributed by atoms with Crippen LogP contribution < -0.4 is 0 Å². The Balaban J connectivity index is 3.26. The van der Waals surface area contributed by atoms with Crippen LogP contribution in [0.2, 0.25) is 19.6 Å². The van der Waals surface area contributed by atoms with Gasteiger partial charge in [0.1, 0.15) is 0 Å². The normalized spacial score (nSPS) is 12.0. The molecule has 0 aromatic rings. The first-order valence-corrected chi connectivity index (χ1v) is 13.4. The van der Waals surface area contributed by atoms with Gasteiger partial charge in [0, 0.05) is 0 Å². The van der Waals surface area contributed by atoms with Gasteiger partial charge < -0.3 is 4.43 Å². The summed E-state index contributed by atoms with van der Waals surface area (Å²) in [4.78, 5) is 0. The highest BCUT2D eigenvalue weighted by Crippen LogP contribution is 2.13. The molecule has 0 amide bonds. The van der Waals surface area contributed by atoms with Crippen LogP contribution in [-0.2, 0) is 4.43 Å². The third-order valence-corrected chi connectivity index (χ3v) is 4.84. The summed E-state index contributed by atoms with van der Waals surface area (Å²) in [5.41, 5.74) is 0. The van der Waals surface area contributed by atoms with Crippen molar-refractivity contribution in [3.63, 3.8) is 0 Å². The first-order chi connectivity index (χ1) is 11.0. The van der Waals surface area contributed by atoms with E-state index in [0.717, 1.165) is 12.2 Å². The maximum atomic E-state index is 5.81. The second-order valence-corrected chi connectivity index (χ2v) is 12.2. The van der Waals surface area contributed by atoms with E-state index in [1.165, 1.54) is 77.0 Å². The molecule has 0 aliphatic heterocycles. The highest BCUT2D eigenvalue weighted by atomic mass is 28.4. The van der Waals surface area contributed by atoms with Crippen LogP contribution in [-0.4, -0.2) is 8.32 Å². The zero-order chi connectivity index (χ0) is 17.4. The van der Waals surface area contributed by atoms with Crippen molar-refractivity contribution in [2.45, 2.75) is 110 Å². The predicted molar refractivity (Wildman–Crippen MR) is 108 cm³/mol. The van der Waals surface area contributed by atoms with Gasteiger partial charge in [0.05, 0.1) is 5.76 Å². The molecule has 0 rings (SSSR count). The molecule has 1 nitrogen and oxygen atoms in total. The zero-order valence-electron chi connectivity index (χ0n) is 16.5. The summed E-state index contributed by atoms with van der Waals surface area (Å²) in [5.74, 6) is 0.836. The number of hydrogen-bond acceptors (Lipinski definition) is 1. The van der Waals surface area contributed by atoms with E-state index >= 15 is 0 Å². The number of rotatable bonds is 16. The van der Waals surface area contributed by atoms with E-state index < -0.39 is 8.32 Å². The van der Waals surface area contributed by atoms with Gasteiger partial charge in [0.2, 0.25) is 8.32 Å². The average Bonchev–Trinajstić information content (AvgIpc) is 2.46. The van der Waals surface area contributed by atoms with Crippen molar-refractivity contribution >= 4 is 8.32 Å². The van der Waals surface area contributed by atoms with Gasteiger partial charge in [-0.2, -0.15) is 0 Å². The van der Waals surface area contributed by atoms with E-state index in [-0.39, 0.29) is 0 Å².